The van der Waals surface area contributed by atoms with Gasteiger partial charge < -0.3 is 9.64 Å². The Balaban J connectivity index is 2.71. The standard InChI is InChI=1S/C16H23BrFNO2/c1-11(2)19(15(20)21-16(3,4)5)9-8-12-6-7-13(17)14(18)10-12/h6-7,10-11H,8-9H2,1-5H3. The van der Waals surface area contributed by atoms with Gasteiger partial charge >= 0.3 is 6.09 Å². The molecule has 1 aromatic carbocycles. The van der Waals surface area contributed by atoms with Crippen LogP contribution >= 0.6 is 15.9 Å². The van der Waals surface area contributed by atoms with Crippen LogP contribution in [0.3, 0.4) is 0 Å². The van der Waals surface area contributed by atoms with E-state index in [-0.39, 0.29) is 18.0 Å². The highest BCUT2D eigenvalue weighted by Crippen LogP contribution is 2.18. The molecule has 0 aromatic heterocycles. The van der Waals surface area contributed by atoms with E-state index in [0.717, 1.165) is 5.56 Å². The van der Waals surface area contributed by atoms with E-state index in [4.69, 9.17) is 4.74 Å². The number of carbonyl (C=O) groups is 1. The van der Waals surface area contributed by atoms with Gasteiger partial charge in [-0.25, -0.2) is 9.18 Å². The van der Waals surface area contributed by atoms with Crippen molar-refractivity contribution in [2.24, 2.45) is 0 Å². The van der Waals surface area contributed by atoms with Crippen LogP contribution in [0.15, 0.2) is 22.7 Å². The van der Waals surface area contributed by atoms with Gasteiger partial charge in [0.15, 0.2) is 0 Å². The van der Waals surface area contributed by atoms with E-state index in [2.05, 4.69) is 15.9 Å². The zero-order valence-electron chi connectivity index (χ0n) is 13.2. The SMILES string of the molecule is CC(C)N(CCc1ccc(Br)c(F)c1)C(=O)OC(C)(C)C. The summed E-state index contributed by atoms with van der Waals surface area (Å²) in [6, 6.07) is 5.04. The molecule has 0 atom stereocenters. The largest absolute Gasteiger partial charge is 0.444 e. The summed E-state index contributed by atoms with van der Waals surface area (Å²) in [5.41, 5.74) is 0.332. The Morgan fingerprint density at radius 3 is 2.48 bits per heavy atom. The van der Waals surface area contributed by atoms with Crippen LogP contribution in [-0.2, 0) is 11.2 Å². The lowest BCUT2D eigenvalue weighted by Crippen LogP contribution is -2.42. The number of benzene rings is 1. The van der Waals surface area contributed by atoms with Gasteiger partial charge in [-0.1, -0.05) is 6.07 Å². The molecule has 0 aliphatic heterocycles. The Morgan fingerprint density at radius 2 is 2.00 bits per heavy atom. The number of carbonyl (C=O) groups excluding carboxylic acids is 1. The van der Waals surface area contributed by atoms with Crippen molar-refractivity contribution in [2.45, 2.75) is 52.7 Å². The van der Waals surface area contributed by atoms with Gasteiger partial charge in [0.05, 0.1) is 4.47 Å². The molecule has 0 aliphatic rings. The van der Waals surface area contributed by atoms with Crippen LogP contribution in [0.4, 0.5) is 9.18 Å². The highest BCUT2D eigenvalue weighted by Gasteiger charge is 2.23. The number of hydrogen-bond acceptors (Lipinski definition) is 2. The van der Waals surface area contributed by atoms with Gasteiger partial charge in [-0.3, -0.25) is 0 Å². The number of halogens is 2. The average molecular weight is 360 g/mol. The fourth-order valence-corrected chi connectivity index (χ4v) is 2.07. The van der Waals surface area contributed by atoms with Crippen LogP contribution in [0.1, 0.15) is 40.2 Å². The molecule has 0 bridgehead atoms. The van der Waals surface area contributed by atoms with Crippen molar-refractivity contribution in [3.8, 4) is 0 Å². The molecule has 0 radical (unpaired) electrons. The average Bonchev–Trinajstić information content (AvgIpc) is 2.31. The van der Waals surface area contributed by atoms with Crippen LogP contribution in [0.2, 0.25) is 0 Å². The maximum Gasteiger partial charge on any atom is 0.410 e. The molecule has 5 heteroatoms. The van der Waals surface area contributed by atoms with Crippen LogP contribution in [0, 0.1) is 5.82 Å². The Labute approximate surface area is 134 Å². The lowest BCUT2D eigenvalue weighted by molar-refractivity contribution is 0.0194. The smallest absolute Gasteiger partial charge is 0.410 e. The third-order valence-corrected chi connectivity index (χ3v) is 3.52. The summed E-state index contributed by atoms with van der Waals surface area (Å²) in [5.74, 6) is -0.291. The first kappa shape index (κ1) is 18.0. The molecule has 0 fully saturated rings. The second-order valence-electron chi connectivity index (χ2n) is 6.27. The van der Waals surface area contributed by atoms with E-state index in [1.165, 1.54) is 6.07 Å². The summed E-state index contributed by atoms with van der Waals surface area (Å²) < 4.78 is 19.3. The van der Waals surface area contributed by atoms with Crippen LogP contribution in [-0.4, -0.2) is 29.2 Å². The predicted octanol–water partition coefficient (Wildman–Crippen LogP) is 4.78. The Bertz CT molecular complexity index is 498. The first-order chi connectivity index (χ1) is 9.60. The number of rotatable bonds is 4. The monoisotopic (exact) mass is 359 g/mol. The summed E-state index contributed by atoms with van der Waals surface area (Å²) in [6.45, 7) is 9.89. The van der Waals surface area contributed by atoms with Gasteiger partial charge in [0, 0.05) is 12.6 Å². The Kier molecular flexibility index (Phi) is 6.20. The fraction of sp³-hybridized carbons (Fsp3) is 0.562. The number of nitrogens with zero attached hydrogens (tertiary/aromatic N) is 1. The molecule has 0 spiro atoms. The molecule has 0 aliphatic carbocycles. The van der Waals surface area contributed by atoms with Crippen LogP contribution in [0.5, 0.6) is 0 Å². The van der Waals surface area contributed by atoms with E-state index in [0.29, 0.717) is 17.4 Å². The van der Waals surface area contributed by atoms with Crippen LogP contribution < -0.4 is 0 Å². The third-order valence-electron chi connectivity index (χ3n) is 2.88. The molecular formula is C16H23BrFNO2. The van der Waals surface area contributed by atoms with Gasteiger partial charge in [0.2, 0.25) is 0 Å². The molecule has 0 heterocycles. The minimum Gasteiger partial charge on any atom is -0.444 e. The third kappa shape index (κ3) is 6.04. The first-order valence-electron chi connectivity index (χ1n) is 7.03. The van der Waals surface area contributed by atoms with Crippen molar-refractivity contribution in [1.29, 1.82) is 0 Å². The van der Waals surface area contributed by atoms with E-state index >= 15 is 0 Å². The van der Waals surface area contributed by atoms with Gasteiger partial charge in [0.25, 0.3) is 0 Å². The highest BCUT2D eigenvalue weighted by molar-refractivity contribution is 9.10. The number of amides is 1. The van der Waals surface area contributed by atoms with Gasteiger partial charge in [0.1, 0.15) is 11.4 Å². The van der Waals surface area contributed by atoms with Crippen molar-refractivity contribution in [3.05, 3.63) is 34.1 Å². The van der Waals surface area contributed by atoms with E-state index in [1.807, 2.05) is 40.7 Å². The minimum absolute atomic E-state index is 0.0279. The molecule has 1 amide bonds. The molecule has 1 aromatic rings. The van der Waals surface area contributed by atoms with E-state index in [9.17, 15) is 9.18 Å². The molecule has 3 nitrogen and oxygen atoms in total. The molecular weight excluding hydrogens is 337 g/mol. The van der Waals surface area contributed by atoms with Crippen molar-refractivity contribution in [3.63, 3.8) is 0 Å². The lowest BCUT2D eigenvalue weighted by atomic mass is 10.1. The number of ether oxygens (including phenoxy) is 1. The van der Waals surface area contributed by atoms with Crippen molar-refractivity contribution in [2.75, 3.05) is 6.54 Å². The quantitative estimate of drug-likeness (QED) is 0.774. The van der Waals surface area contributed by atoms with Gasteiger partial charge in [-0.05, 0) is 74.7 Å². The molecule has 0 N–H and O–H groups in total. The molecule has 21 heavy (non-hydrogen) atoms. The van der Waals surface area contributed by atoms with E-state index < -0.39 is 5.60 Å². The van der Waals surface area contributed by atoms with Crippen molar-refractivity contribution < 1.29 is 13.9 Å². The zero-order valence-corrected chi connectivity index (χ0v) is 14.8. The lowest BCUT2D eigenvalue weighted by Gasteiger charge is -2.30. The summed E-state index contributed by atoms with van der Waals surface area (Å²) >= 11 is 3.13. The fourth-order valence-electron chi connectivity index (χ4n) is 1.83. The predicted molar refractivity (Wildman–Crippen MR) is 85.9 cm³/mol. The molecule has 118 valence electrons. The Hall–Kier alpha value is -1.10. The molecule has 0 saturated carbocycles. The minimum atomic E-state index is -0.520. The molecule has 0 saturated heterocycles. The van der Waals surface area contributed by atoms with E-state index in [1.54, 1.807) is 11.0 Å². The number of hydrogen-bond donors (Lipinski definition) is 0. The highest BCUT2D eigenvalue weighted by atomic mass is 79.9. The van der Waals surface area contributed by atoms with Gasteiger partial charge in [-0.15, -0.1) is 0 Å². The van der Waals surface area contributed by atoms with Crippen LogP contribution in [0.25, 0.3) is 0 Å². The zero-order chi connectivity index (χ0) is 16.2. The summed E-state index contributed by atoms with van der Waals surface area (Å²) in [6.07, 6.45) is 0.247. The summed E-state index contributed by atoms with van der Waals surface area (Å²) in [4.78, 5) is 13.8. The second kappa shape index (κ2) is 7.25. The van der Waals surface area contributed by atoms with Crippen molar-refractivity contribution >= 4 is 22.0 Å². The maximum atomic E-state index is 13.5. The normalized spacial score (nSPS) is 11.6. The van der Waals surface area contributed by atoms with Gasteiger partial charge in [-0.2, -0.15) is 0 Å². The Morgan fingerprint density at radius 1 is 1.38 bits per heavy atom. The summed E-state index contributed by atoms with van der Waals surface area (Å²) in [5, 5.41) is 0. The summed E-state index contributed by atoms with van der Waals surface area (Å²) in [7, 11) is 0. The molecule has 1 rings (SSSR count). The van der Waals surface area contributed by atoms with Crippen molar-refractivity contribution in [1.82, 2.24) is 4.90 Å². The topological polar surface area (TPSA) is 29.5 Å². The molecule has 0 unspecified atom stereocenters. The second-order valence-corrected chi connectivity index (χ2v) is 7.12. The first-order valence-corrected chi connectivity index (χ1v) is 7.83. The maximum absolute atomic E-state index is 13.5.